The molecule has 0 unspecified atom stereocenters. The summed E-state index contributed by atoms with van der Waals surface area (Å²) in [6.45, 7) is 5.48. The van der Waals surface area contributed by atoms with Crippen molar-refractivity contribution < 1.29 is 14.7 Å². The SMILES string of the molecule is CCCC1(C(=O)N2CCC(CC(=O)O)CC2)CCNCC1. The van der Waals surface area contributed by atoms with Crippen molar-refractivity contribution in [3.8, 4) is 0 Å². The zero-order valence-electron chi connectivity index (χ0n) is 13.1. The first-order valence-electron chi connectivity index (χ1n) is 8.29. The number of hydrogen-bond acceptors (Lipinski definition) is 3. The van der Waals surface area contributed by atoms with E-state index in [1.807, 2.05) is 4.90 Å². The van der Waals surface area contributed by atoms with Crippen molar-refractivity contribution >= 4 is 11.9 Å². The van der Waals surface area contributed by atoms with E-state index in [1.165, 1.54) is 0 Å². The molecule has 0 radical (unpaired) electrons. The number of carboxylic acids is 1. The molecule has 0 aromatic rings. The van der Waals surface area contributed by atoms with Gasteiger partial charge < -0.3 is 15.3 Å². The van der Waals surface area contributed by atoms with E-state index in [1.54, 1.807) is 0 Å². The Morgan fingerprint density at radius 2 is 1.86 bits per heavy atom. The fourth-order valence-corrected chi connectivity index (χ4v) is 3.88. The normalized spacial score (nSPS) is 23.0. The van der Waals surface area contributed by atoms with E-state index in [2.05, 4.69) is 12.2 Å². The molecule has 21 heavy (non-hydrogen) atoms. The summed E-state index contributed by atoms with van der Waals surface area (Å²) in [5.41, 5.74) is -0.167. The molecule has 0 aromatic carbocycles. The predicted molar refractivity (Wildman–Crippen MR) is 81.0 cm³/mol. The van der Waals surface area contributed by atoms with Gasteiger partial charge in [0.05, 0.1) is 5.41 Å². The highest BCUT2D eigenvalue weighted by molar-refractivity contribution is 5.83. The summed E-state index contributed by atoms with van der Waals surface area (Å²) >= 11 is 0. The molecule has 2 aliphatic heterocycles. The lowest BCUT2D eigenvalue weighted by atomic mass is 9.73. The van der Waals surface area contributed by atoms with E-state index in [4.69, 9.17) is 5.11 Å². The highest BCUT2D eigenvalue weighted by Crippen LogP contribution is 2.37. The highest BCUT2D eigenvalue weighted by Gasteiger charge is 2.41. The van der Waals surface area contributed by atoms with Crippen molar-refractivity contribution in [2.24, 2.45) is 11.3 Å². The van der Waals surface area contributed by atoms with Gasteiger partial charge in [-0.1, -0.05) is 13.3 Å². The number of piperidine rings is 2. The Morgan fingerprint density at radius 1 is 1.24 bits per heavy atom. The quantitative estimate of drug-likeness (QED) is 0.812. The predicted octanol–water partition coefficient (Wildman–Crippen LogP) is 1.87. The Balaban J connectivity index is 1.94. The Bertz CT molecular complexity index is 364. The summed E-state index contributed by atoms with van der Waals surface area (Å²) in [7, 11) is 0. The lowest BCUT2D eigenvalue weighted by Crippen LogP contribution is -2.51. The summed E-state index contributed by atoms with van der Waals surface area (Å²) in [4.78, 5) is 25.8. The van der Waals surface area contributed by atoms with E-state index in [-0.39, 0.29) is 17.8 Å². The Morgan fingerprint density at radius 3 is 2.38 bits per heavy atom. The third kappa shape index (κ3) is 3.96. The highest BCUT2D eigenvalue weighted by atomic mass is 16.4. The number of carbonyl (C=O) groups excluding carboxylic acids is 1. The van der Waals surface area contributed by atoms with E-state index < -0.39 is 5.97 Å². The number of carboxylic acid groups (broad SMARTS) is 1. The zero-order chi connectivity index (χ0) is 15.3. The van der Waals surface area contributed by atoms with Crippen molar-refractivity contribution in [3.63, 3.8) is 0 Å². The second-order valence-electron chi connectivity index (χ2n) is 6.61. The van der Waals surface area contributed by atoms with Crippen molar-refractivity contribution in [1.29, 1.82) is 0 Å². The number of likely N-dealkylation sites (tertiary alicyclic amines) is 1. The van der Waals surface area contributed by atoms with Crippen LogP contribution in [0.1, 0.15) is 51.9 Å². The lowest BCUT2D eigenvalue weighted by Gasteiger charge is -2.42. The number of nitrogens with one attached hydrogen (secondary N) is 1. The van der Waals surface area contributed by atoms with Gasteiger partial charge in [-0.05, 0) is 51.1 Å². The fourth-order valence-electron chi connectivity index (χ4n) is 3.88. The molecule has 2 aliphatic rings. The van der Waals surface area contributed by atoms with Gasteiger partial charge in [-0.15, -0.1) is 0 Å². The Hall–Kier alpha value is -1.10. The summed E-state index contributed by atoms with van der Waals surface area (Å²) in [6, 6.07) is 0. The van der Waals surface area contributed by atoms with Crippen molar-refractivity contribution in [3.05, 3.63) is 0 Å². The van der Waals surface area contributed by atoms with Crippen LogP contribution in [-0.2, 0) is 9.59 Å². The molecule has 0 aromatic heterocycles. The van der Waals surface area contributed by atoms with Gasteiger partial charge in [0.2, 0.25) is 5.91 Å². The number of amides is 1. The molecule has 1 amide bonds. The molecule has 5 heteroatoms. The Labute approximate surface area is 127 Å². The van der Waals surface area contributed by atoms with E-state index in [9.17, 15) is 9.59 Å². The summed E-state index contributed by atoms with van der Waals surface area (Å²) in [5, 5.41) is 12.2. The van der Waals surface area contributed by atoms with Crippen LogP contribution in [0.2, 0.25) is 0 Å². The van der Waals surface area contributed by atoms with Gasteiger partial charge in [-0.25, -0.2) is 0 Å². The first-order valence-corrected chi connectivity index (χ1v) is 8.29. The first kappa shape index (κ1) is 16.3. The number of carbonyl (C=O) groups is 2. The molecule has 120 valence electrons. The molecule has 0 bridgehead atoms. The molecule has 2 heterocycles. The van der Waals surface area contributed by atoms with Crippen LogP contribution in [0.4, 0.5) is 0 Å². The van der Waals surface area contributed by atoms with Gasteiger partial charge in [0.25, 0.3) is 0 Å². The molecular weight excluding hydrogens is 268 g/mol. The maximum absolute atomic E-state index is 13.0. The van der Waals surface area contributed by atoms with Crippen molar-refractivity contribution in [2.75, 3.05) is 26.2 Å². The van der Waals surface area contributed by atoms with E-state index in [0.29, 0.717) is 5.91 Å². The van der Waals surface area contributed by atoms with Gasteiger partial charge in [-0.3, -0.25) is 9.59 Å². The van der Waals surface area contributed by atoms with Crippen molar-refractivity contribution in [1.82, 2.24) is 10.2 Å². The molecular formula is C16H28N2O3. The number of nitrogens with zero attached hydrogens (tertiary/aromatic N) is 1. The smallest absolute Gasteiger partial charge is 0.303 e. The number of hydrogen-bond donors (Lipinski definition) is 2. The van der Waals surface area contributed by atoms with Crippen LogP contribution in [-0.4, -0.2) is 48.1 Å². The van der Waals surface area contributed by atoms with Gasteiger partial charge in [-0.2, -0.15) is 0 Å². The second-order valence-corrected chi connectivity index (χ2v) is 6.61. The van der Waals surface area contributed by atoms with Gasteiger partial charge in [0.1, 0.15) is 0 Å². The zero-order valence-corrected chi connectivity index (χ0v) is 13.1. The fraction of sp³-hybridized carbons (Fsp3) is 0.875. The van der Waals surface area contributed by atoms with E-state index >= 15 is 0 Å². The van der Waals surface area contributed by atoms with E-state index in [0.717, 1.165) is 64.7 Å². The summed E-state index contributed by atoms with van der Waals surface area (Å²) in [5.74, 6) is -0.165. The van der Waals surface area contributed by atoms with Gasteiger partial charge in [0, 0.05) is 19.5 Å². The minimum absolute atomic E-state index is 0.167. The standard InChI is InChI=1S/C16H28N2O3/c1-2-5-16(6-8-17-9-7-16)15(21)18-10-3-13(4-11-18)12-14(19)20/h13,17H,2-12H2,1H3,(H,19,20). The monoisotopic (exact) mass is 296 g/mol. The average Bonchev–Trinajstić information content (AvgIpc) is 2.48. The second kappa shape index (κ2) is 7.25. The maximum Gasteiger partial charge on any atom is 0.303 e. The molecule has 2 N–H and O–H groups in total. The molecule has 0 spiro atoms. The third-order valence-corrected chi connectivity index (χ3v) is 5.11. The molecule has 0 aliphatic carbocycles. The topological polar surface area (TPSA) is 69.6 Å². The van der Waals surface area contributed by atoms with Gasteiger partial charge in [0.15, 0.2) is 0 Å². The van der Waals surface area contributed by atoms with Gasteiger partial charge >= 0.3 is 5.97 Å². The molecule has 0 saturated carbocycles. The first-order chi connectivity index (χ1) is 10.1. The van der Waals surface area contributed by atoms with Crippen LogP contribution in [0.25, 0.3) is 0 Å². The minimum Gasteiger partial charge on any atom is -0.481 e. The average molecular weight is 296 g/mol. The lowest BCUT2D eigenvalue weighted by molar-refractivity contribution is -0.146. The van der Waals surface area contributed by atoms with Crippen LogP contribution in [0.3, 0.4) is 0 Å². The Kier molecular flexibility index (Phi) is 5.62. The van der Waals surface area contributed by atoms with Crippen molar-refractivity contribution in [2.45, 2.75) is 51.9 Å². The van der Waals surface area contributed by atoms with Crippen LogP contribution in [0, 0.1) is 11.3 Å². The molecule has 0 atom stereocenters. The molecule has 2 fully saturated rings. The number of aliphatic carboxylic acids is 1. The van der Waals surface area contributed by atoms with Crippen LogP contribution < -0.4 is 5.32 Å². The molecule has 2 rings (SSSR count). The third-order valence-electron chi connectivity index (χ3n) is 5.11. The van der Waals surface area contributed by atoms with Crippen LogP contribution in [0.5, 0.6) is 0 Å². The van der Waals surface area contributed by atoms with Crippen LogP contribution in [0.15, 0.2) is 0 Å². The van der Waals surface area contributed by atoms with Crippen LogP contribution >= 0.6 is 0 Å². The summed E-state index contributed by atoms with van der Waals surface area (Å²) in [6.07, 6.45) is 5.80. The largest absolute Gasteiger partial charge is 0.481 e. The summed E-state index contributed by atoms with van der Waals surface area (Å²) < 4.78 is 0. The maximum atomic E-state index is 13.0. The molecule has 5 nitrogen and oxygen atoms in total. The number of rotatable bonds is 5. The molecule has 2 saturated heterocycles. The minimum atomic E-state index is -0.722.